The molecule has 3 aromatic rings. The molecule has 0 aliphatic carbocycles. The number of hydrogen-bond acceptors (Lipinski definition) is 5. The van der Waals surface area contributed by atoms with Crippen LogP contribution in [0.4, 0.5) is 0 Å². The number of hydrogen-bond donors (Lipinski definition) is 0. The summed E-state index contributed by atoms with van der Waals surface area (Å²) in [5.74, 6) is 0.479. The summed E-state index contributed by atoms with van der Waals surface area (Å²) < 4.78 is 16.7. The molecule has 0 radical (unpaired) electrons. The predicted octanol–water partition coefficient (Wildman–Crippen LogP) is 6.20. The Balaban J connectivity index is 1.89. The van der Waals surface area contributed by atoms with Crippen LogP contribution in [0.3, 0.4) is 0 Å². The van der Waals surface area contributed by atoms with Gasteiger partial charge in [0, 0.05) is 11.1 Å². The van der Waals surface area contributed by atoms with Gasteiger partial charge in [-0.1, -0.05) is 25.4 Å². The van der Waals surface area contributed by atoms with Gasteiger partial charge in [-0.2, -0.15) is 0 Å². The number of halogens is 1. The fourth-order valence-corrected chi connectivity index (χ4v) is 3.25. The number of carbonyl (C=O) groups excluding carboxylic acids is 1. The molecule has 0 saturated carbocycles. The summed E-state index contributed by atoms with van der Waals surface area (Å²) in [5, 5.41) is 1.01. The number of ether oxygens (including phenoxy) is 2. The second kappa shape index (κ2) is 8.70. The van der Waals surface area contributed by atoms with Crippen LogP contribution in [0.15, 0.2) is 45.8 Å². The first-order valence-electron chi connectivity index (χ1n) is 9.55. The lowest BCUT2D eigenvalue weighted by Crippen LogP contribution is -2.19. The number of aryl methyl sites for hydroxylation is 2. The summed E-state index contributed by atoms with van der Waals surface area (Å²) in [7, 11) is 0. The van der Waals surface area contributed by atoms with Gasteiger partial charge in [-0.15, -0.1) is 0 Å². The number of esters is 1. The quantitative estimate of drug-likeness (QED) is 0.355. The molecular formula is C23H23ClO5. The van der Waals surface area contributed by atoms with E-state index in [1.54, 1.807) is 24.3 Å². The van der Waals surface area contributed by atoms with Crippen LogP contribution in [0.1, 0.15) is 37.8 Å². The van der Waals surface area contributed by atoms with Gasteiger partial charge in [0.05, 0.1) is 11.3 Å². The van der Waals surface area contributed by atoms with Crippen LogP contribution in [0.25, 0.3) is 11.0 Å². The van der Waals surface area contributed by atoms with E-state index in [0.717, 1.165) is 11.1 Å². The zero-order valence-electron chi connectivity index (χ0n) is 16.9. The summed E-state index contributed by atoms with van der Waals surface area (Å²) >= 11 is 6.18. The molecule has 29 heavy (non-hydrogen) atoms. The lowest BCUT2D eigenvalue weighted by Gasteiger charge is -2.12. The van der Waals surface area contributed by atoms with Gasteiger partial charge in [-0.25, -0.2) is 0 Å². The molecule has 0 spiro atoms. The molecule has 0 saturated heterocycles. The Morgan fingerprint density at radius 2 is 1.72 bits per heavy atom. The molecule has 0 N–H and O–H groups in total. The Morgan fingerprint density at radius 3 is 2.34 bits per heavy atom. The maximum absolute atomic E-state index is 12.8. The fourth-order valence-electron chi connectivity index (χ4n) is 3.14. The minimum Gasteiger partial charge on any atom is -0.460 e. The molecule has 5 nitrogen and oxygen atoms in total. The van der Waals surface area contributed by atoms with Gasteiger partial charge >= 0.3 is 5.97 Å². The van der Waals surface area contributed by atoms with Crippen LogP contribution < -0.4 is 14.9 Å². The van der Waals surface area contributed by atoms with Crippen molar-refractivity contribution in [1.29, 1.82) is 0 Å². The van der Waals surface area contributed by atoms with Crippen molar-refractivity contribution in [1.82, 2.24) is 0 Å². The number of fused-ring (bicyclic) bond motifs is 1. The normalized spacial score (nSPS) is 11.1. The number of benzene rings is 2. The third-order valence-corrected chi connectivity index (χ3v) is 5.49. The Labute approximate surface area is 174 Å². The van der Waals surface area contributed by atoms with E-state index in [4.69, 9.17) is 25.5 Å². The number of rotatable bonds is 6. The number of carbonyl (C=O) groups is 1. The first-order valence-corrected chi connectivity index (χ1v) is 9.93. The van der Waals surface area contributed by atoms with Gasteiger partial charge in [-0.3, -0.25) is 9.59 Å². The minimum absolute atomic E-state index is 0.0698. The van der Waals surface area contributed by atoms with Crippen molar-refractivity contribution < 1.29 is 18.7 Å². The van der Waals surface area contributed by atoms with Crippen LogP contribution in [-0.2, 0) is 4.79 Å². The molecule has 0 aliphatic heterocycles. The van der Waals surface area contributed by atoms with E-state index in [0.29, 0.717) is 40.3 Å². The third kappa shape index (κ3) is 4.46. The standard InChI is InChI=1S/C23H23ClO5/c1-5-15(6-2)23(26)29-16-7-8-18-19(11-16)27-12-20(22(18)25)28-17-9-13(3)21(24)14(4)10-17/h7-12,15H,5-6H2,1-4H3. The first kappa shape index (κ1) is 20.9. The largest absolute Gasteiger partial charge is 0.460 e. The third-order valence-electron chi connectivity index (χ3n) is 4.89. The Bertz CT molecular complexity index is 1090. The predicted molar refractivity (Wildman–Crippen MR) is 113 cm³/mol. The van der Waals surface area contributed by atoms with Gasteiger partial charge in [0.25, 0.3) is 0 Å². The highest BCUT2D eigenvalue weighted by Crippen LogP contribution is 2.29. The van der Waals surface area contributed by atoms with Gasteiger partial charge in [0.2, 0.25) is 11.2 Å². The second-order valence-electron chi connectivity index (χ2n) is 6.99. The molecule has 2 aromatic carbocycles. The van der Waals surface area contributed by atoms with E-state index in [2.05, 4.69) is 0 Å². The van der Waals surface area contributed by atoms with Crippen LogP contribution in [0, 0.1) is 19.8 Å². The van der Waals surface area contributed by atoms with Crippen LogP contribution >= 0.6 is 11.6 Å². The zero-order chi connectivity index (χ0) is 21.1. The molecule has 1 heterocycles. The van der Waals surface area contributed by atoms with Crippen molar-refractivity contribution in [2.45, 2.75) is 40.5 Å². The summed E-state index contributed by atoms with van der Waals surface area (Å²) in [4.78, 5) is 25.0. The zero-order valence-corrected chi connectivity index (χ0v) is 17.6. The van der Waals surface area contributed by atoms with Crippen LogP contribution in [0.2, 0.25) is 5.02 Å². The molecule has 0 amide bonds. The lowest BCUT2D eigenvalue weighted by molar-refractivity contribution is -0.139. The maximum Gasteiger partial charge on any atom is 0.314 e. The average Bonchev–Trinajstić information content (AvgIpc) is 2.69. The van der Waals surface area contributed by atoms with E-state index >= 15 is 0 Å². The fraction of sp³-hybridized carbons (Fsp3) is 0.304. The molecular weight excluding hydrogens is 392 g/mol. The Kier molecular flexibility index (Phi) is 6.28. The monoisotopic (exact) mass is 414 g/mol. The van der Waals surface area contributed by atoms with E-state index in [1.165, 1.54) is 12.3 Å². The molecule has 1 aromatic heterocycles. The molecule has 0 fully saturated rings. The molecule has 3 rings (SSSR count). The summed E-state index contributed by atoms with van der Waals surface area (Å²) in [6, 6.07) is 8.22. The molecule has 0 aliphatic rings. The van der Waals surface area contributed by atoms with Gasteiger partial charge in [-0.05, 0) is 62.1 Å². The average molecular weight is 415 g/mol. The summed E-state index contributed by atoms with van der Waals surface area (Å²) in [6.45, 7) is 7.63. The van der Waals surface area contributed by atoms with Crippen molar-refractivity contribution in [2.75, 3.05) is 0 Å². The molecule has 6 heteroatoms. The second-order valence-corrected chi connectivity index (χ2v) is 7.37. The SMILES string of the molecule is CCC(CC)C(=O)Oc1ccc2c(=O)c(Oc3cc(C)c(Cl)c(C)c3)coc2c1. The molecule has 0 unspecified atom stereocenters. The van der Waals surface area contributed by atoms with Crippen molar-refractivity contribution in [2.24, 2.45) is 5.92 Å². The van der Waals surface area contributed by atoms with Crippen molar-refractivity contribution in [3.8, 4) is 17.2 Å². The summed E-state index contributed by atoms with van der Waals surface area (Å²) in [5.41, 5.74) is 1.72. The summed E-state index contributed by atoms with van der Waals surface area (Å²) in [6.07, 6.45) is 2.68. The van der Waals surface area contributed by atoms with Crippen molar-refractivity contribution >= 4 is 28.5 Å². The van der Waals surface area contributed by atoms with E-state index in [-0.39, 0.29) is 23.1 Å². The maximum atomic E-state index is 12.8. The smallest absolute Gasteiger partial charge is 0.314 e. The van der Waals surface area contributed by atoms with Crippen LogP contribution in [0.5, 0.6) is 17.2 Å². The Morgan fingerprint density at radius 1 is 1.07 bits per heavy atom. The van der Waals surface area contributed by atoms with Crippen molar-refractivity contribution in [3.05, 3.63) is 63.0 Å². The lowest BCUT2D eigenvalue weighted by atomic mass is 10.0. The Hall–Kier alpha value is -2.79. The van der Waals surface area contributed by atoms with E-state index < -0.39 is 0 Å². The molecule has 0 atom stereocenters. The molecule has 0 bridgehead atoms. The highest BCUT2D eigenvalue weighted by Gasteiger charge is 2.18. The molecule has 152 valence electrons. The van der Waals surface area contributed by atoms with Gasteiger partial charge < -0.3 is 13.9 Å². The highest BCUT2D eigenvalue weighted by atomic mass is 35.5. The van der Waals surface area contributed by atoms with Crippen LogP contribution in [-0.4, -0.2) is 5.97 Å². The van der Waals surface area contributed by atoms with E-state index in [1.807, 2.05) is 27.7 Å². The topological polar surface area (TPSA) is 65.7 Å². The highest BCUT2D eigenvalue weighted by molar-refractivity contribution is 6.32. The first-order chi connectivity index (χ1) is 13.8. The van der Waals surface area contributed by atoms with E-state index in [9.17, 15) is 9.59 Å². The minimum atomic E-state index is -0.311. The van der Waals surface area contributed by atoms with Gasteiger partial charge in [0.1, 0.15) is 23.3 Å². The van der Waals surface area contributed by atoms with Gasteiger partial charge in [0.15, 0.2) is 0 Å². The van der Waals surface area contributed by atoms with Crippen molar-refractivity contribution in [3.63, 3.8) is 0 Å².